The highest BCUT2D eigenvalue weighted by atomic mass is 16.4. The van der Waals surface area contributed by atoms with Crippen LogP contribution in [0.3, 0.4) is 0 Å². The predicted octanol–water partition coefficient (Wildman–Crippen LogP) is 3.95. The third-order valence-electron chi connectivity index (χ3n) is 3.95. The van der Waals surface area contributed by atoms with Crippen LogP contribution in [0, 0.1) is 23.2 Å². The Morgan fingerprint density at radius 3 is 2.56 bits per heavy atom. The Morgan fingerprint density at radius 2 is 2.06 bits per heavy atom. The fourth-order valence-electron chi connectivity index (χ4n) is 2.91. The molecule has 0 radical (unpaired) electrons. The van der Waals surface area contributed by atoms with Gasteiger partial charge in [0.25, 0.3) is 0 Å². The van der Waals surface area contributed by atoms with Gasteiger partial charge in [0.15, 0.2) is 0 Å². The lowest BCUT2D eigenvalue weighted by molar-refractivity contribution is -0.146. The van der Waals surface area contributed by atoms with Crippen molar-refractivity contribution in [3.63, 3.8) is 0 Å². The lowest BCUT2D eigenvalue weighted by Crippen LogP contribution is -2.34. The molecule has 0 saturated heterocycles. The van der Waals surface area contributed by atoms with E-state index in [1.54, 1.807) is 0 Å². The van der Waals surface area contributed by atoms with E-state index in [2.05, 4.69) is 27.7 Å². The van der Waals surface area contributed by atoms with Gasteiger partial charge < -0.3 is 5.11 Å². The molecule has 2 heteroatoms. The zero-order chi connectivity index (χ0) is 12.3. The summed E-state index contributed by atoms with van der Waals surface area (Å²) in [5, 5.41) is 9.24. The lowest BCUT2D eigenvalue weighted by Gasteiger charge is -2.39. The second-order valence-corrected chi connectivity index (χ2v) is 6.58. The van der Waals surface area contributed by atoms with E-state index < -0.39 is 5.97 Å². The van der Waals surface area contributed by atoms with Gasteiger partial charge in [-0.25, -0.2) is 0 Å². The summed E-state index contributed by atoms with van der Waals surface area (Å²) in [4.78, 5) is 11.2. The number of carbonyl (C=O) groups is 1. The van der Waals surface area contributed by atoms with Crippen molar-refractivity contribution >= 4 is 5.97 Å². The van der Waals surface area contributed by atoms with Crippen LogP contribution in [0.2, 0.25) is 0 Å². The maximum absolute atomic E-state index is 11.2. The van der Waals surface area contributed by atoms with Gasteiger partial charge in [-0.3, -0.25) is 4.79 Å². The Morgan fingerprint density at radius 1 is 1.44 bits per heavy atom. The molecule has 0 heterocycles. The van der Waals surface area contributed by atoms with Crippen molar-refractivity contribution in [2.45, 2.75) is 59.8 Å². The molecule has 1 fully saturated rings. The molecule has 1 rings (SSSR count). The molecule has 2 nitrogen and oxygen atoms in total. The maximum Gasteiger partial charge on any atom is 0.306 e. The van der Waals surface area contributed by atoms with Gasteiger partial charge in [0, 0.05) is 0 Å². The third-order valence-corrected chi connectivity index (χ3v) is 3.95. The van der Waals surface area contributed by atoms with Gasteiger partial charge in [0.2, 0.25) is 0 Å². The molecule has 2 atom stereocenters. The molecule has 0 aliphatic heterocycles. The number of carboxylic acids is 1. The van der Waals surface area contributed by atoms with Crippen molar-refractivity contribution in [1.29, 1.82) is 0 Å². The lowest BCUT2D eigenvalue weighted by atomic mass is 9.65. The van der Waals surface area contributed by atoms with E-state index in [9.17, 15) is 9.90 Å². The van der Waals surface area contributed by atoms with Crippen molar-refractivity contribution in [3.8, 4) is 0 Å². The summed E-state index contributed by atoms with van der Waals surface area (Å²) in [6.45, 7) is 8.97. The first kappa shape index (κ1) is 13.5. The number of rotatable bonds is 4. The van der Waals surface area contributed by atoms with E-state index >= 15 is 0 Å². The topological polar surface area (TPSA) is 37.3 Å². The van der Waals surface area contributed by atoms with Gasteiger partial charge >= 0.3 is 5.97 Å². The molecular formula is C14H26O2. The van der Waals surface area contributed by atoms with Gasteiger partial charge in [0.05, 0.1) is 5.92 Å². The average molecular weight is 226 g/mol. The maximum atomic E-state index is 11.2. The molecule has 16 heavy (non-hydrogen) atoms. The number of aliphatic carboxylic acids is 1. The Kier molecular flexibility index (Phi) is 4.40. The molecule has 1 aliphatic carbocycles. The smallest absolute Gasteiger partial charge is 0.306 e. The minimum absolute atomic E-state index is 0.0909. The van der Waals surface area contributed by atoms with Crippen molar-refractivity contribution < 1.29 is 9.90 Å². The minimum atomic E-state index is -0.579. The fraction of sp³-hybridized carbons (Fsp3) is 0.929. The molecule has 0 spiro atoms. The molecule has 0 aromatic heterocycles. The van der Waals surface area contributed by atoms with Crippen LogP contribution in [0.1, 0.15) is 59.8 Å². The summed E-state index contributed by atoms with van der Waals surface area (Å²) in [6.07, 6.45) is 5.24. The number of hydrogen-bond acceptors (Lipinski definition) is 1. The molecule has 0 aromatic carbocycles. The SMILES string of the molecule is CC(C)CCC1CC(C)(C)CCC1C(=O)O. The van der Waals surface area contributed by atoms with Gasteiger partial charge in [-0.05, 0) is 42.9 Å². The van der Waals surface area contributed by atoms with E-state index in [4.69, 9.17) is 0 Å². The van der Waals surface area contributed by atoms with Crippen molar-refractivity contribution in [2.75, 3.05) is 0 Å². The monoisotopic (exact) mass is 226 g/mol. The van der Waals surface area contributed by atoms with E-state index in [0.717, 1.165) is 32.1 Å². The van der Waals surface area contributed by atoms with Crippen LogP contribution in [0.25, 0.3) is 0 Å². The van der Waals surface area contributed by atoms with Crippen LogP contribution in [-0.2, 0) is 4.79 Å². The van der Waals surface area contributed by atoms with Gasteiger partial charge in [-0.2, -0.15) is 0 Å². The van der Waals surface area contributed by atoms with Crippen LogP contribution >= 0.6 is 0 Å². The number of hydrogen-bond donors (Lipinski definition) is 1. The quantitative estimate of drug-likeness (QED) is 0.788. The standard InChI is InChI=1S/C14H26O2/c1-10(2)5-6-11-9-14(3,4)8-7-12(11)13(15)16/h10-12H,5-9H2,1-4H3,(H,15,16). The molecule has 2 unspecified atom stereocenters. The highest BCUT2D eigenvalue weighted by molar-refractivity contribution is 5.70. The van der Waals surface area contributed by atoms with Gasteiger partial charge in [-0.15, -0.1) is 0 Å². The molecule has 0 aromatic rings. The largest absolute Gasteiger partial charge is 0.481 e. The minimum Gasteiger partial charge on any atom is -0.481 e. The van der Waals surface area contributed by atoms with Gasteiger partial charge in [-0.1, -0.05) is 34.1 Å². The zero-order valence-corrected chi connectivity index (χ0v) is 11.1. The second kappa shape index (κ2) is 5.20. The van der Waals surface area contributed by atoms with Crippen LogP contribution in [-0.4, -0.2) is 11.1 Å². The fourth-order valence-corrected chi connectivity index (χ4v) is 2.91. The van der Waals surface area contributed by atoms with Crippen LogP contribution in [0.5, 0.6) is 0 Å². The summed E-state index contributed by atoms with van der Waals surface area (Å²) in [5.74, 6) is 0.402. The van der Waals surface area contributed by atoms with Crippen molar-refractivity contribution in [3.05, 3.63) is 0 Å². The number of carboxylic acid groups (broad SMARTS) is 1. The first-order valence-corrected chi connectivity index (χ1v) is 6.54. The molecule has 1 saturated carbocycles. The molecule has 94 valence electrons. The second-order valence-electron chi connectivity index (χ2n) is 6.58. The van der Waals surface area contributed by atoms with Crippen molar-refractivity contribution in [2.24, 2.45) is 23.2 Å². The van der Waals surface area contributed by atoms with Crippen LogP contribution < -0.4 is 0 Å². The van der Waals surface area contributed by atoms with E-state index in [1.807, 2.05) is 0 Å². The summed E-state index contributed by atoms with van der Waals surface area (Å²) in [7, 11) is 0. The zero-order valence-electron chi connectivity index (χ0n) is 11.1. The van der Waals surface area contributed by atoms with Gasteiger partial charge in [0.1, 0.15) is 0 Å². The van der Waals surface area contributed by atoms with Crippen LogP contribution in [0.15, 0.2) is 0 Å². The summed E-state index contributed by atoms with van der Waals surface area (Å²) in [5.41, 5.74) is 0.341. The molecule has 1 aliphatic rings. The molecule has 0 amide bonds. The Bertz CT molecular complexity index is 243. The first-order valence-electron chi connectivity index (χ1n) is 6.54. The Labute approximate surface area is 99.4 Å². The predicted molar refractivity (Wildman–Crippen MR) is 66.3 cm³/mol. The normalized spacial score (nSPS) is 29.3. The van der Waals surface area contributed by atoms with E-state index in [0.29, 0.717) is 17.3 Å². The highest BCUT2D eigenvalue weighted by Gasteiger charge is 2.37. The third kappa shape index (κ3) is 3.80. The molecular weight excluding hydrogens is 200 g/mol. The first-order chi connectivity index (χ1) is 7.32. The van der Waals surface area contributed by atoms with Crippen LogP contribution in [0.4, 0.5) is 0 Å². The van der Waals surface area contributed by atoms with E-state index in [-0.39, 0.29) is 5.92 Å². The van der Waals surface area contributed by atoms with Crippen molar-refractivity contribution in [1.82, 2.24) is 0 Å². The molecule has 0 bridgehead atoms. The average Bonchev–Trinajstić information content (AvgIpc) is 2.12. The summed E-state index contributed by atoms with van der Waals surface area (Å²) >= 11 is 0. The van der Waals surface area contributed by atoms with E-state index in [1.165, 1.54) is 0 Å². The summed E-state index contributed by atoms with van der Waals surface area (Å²) in [6, 6.07) is 0. The Balaban J connectivity index is 2.61. The highest BCUT2D eigenvalue weighted by Crippen LogP contribution is 2.44. The Hall–Kier alpha value is -0.530. The molecule has 1 N–H and O–H groups in total. The summed E-state index contributed by atoms with van der Waals surface area (Å²) < 4.78 is 0.